The summed E-state index contributed by atoms with van der Waals surface area (Å²) in [6, 6.07) is 2.08. The lowest BCUT2D eigenvalue weighted by atomic mass is 9.97. The van der Waals surface area contributed by atoms with Crippen LogP contribution in [-0.2, 0) is 4.79 Å². The predicted octanol–water partition coefficient (Wildman–Crippen LogP) is 2.38. The Morgan fingerprint density at radius 3 is 2.60 bits per heavy atom. The monoisotopic (exact) mass is 208 g/mol. The predicted molar refractivity (Wildman–Crippen MR) is 59.0 cm³/mol. The van der Waals surface area contributed by atoms with Gasteiger partial charge in [0.1, 0.15) is 5.92 Å². The normalized spacial score (nSPS) is 20.6. The summed E-state index contributed by atoms with van der Waals surface area (Å²) in [7, 11) is 0. The molecule has 0 aromatic heterocycles. The van der Waals surface area contributed by atoms with Gasteiger partial charge in [0.2, 0.25) is 5.91 Å². The average Bonchev–Trinajstić information content (AvgIpc) is 2.60. The van der Waals surface area contributed by atoms with Crippen molar-refractivity contribution >= 4 is 5.91 Å². The minimum absolute atomic E-state index is 0.0556. The quantitative estimate of drug-likeness (QED) is 0.771. The van der Waals surface area contributed by atoms with Gasteiger partial charge in [-0.2, -0.15) is 5.26 Å². The maximum absolute atomic E-state index is 11.8. The van der Waals surface area contributed by atoms with Crippen LogP contribution in [0.15, 0.2) is 0 Å². The van der Waals surface area contributed by atoms with E-state index < -0.39 is 5.92 Å². The fraction of sp³-hybridized carbons (Fsp3) is 0.833. The molecular formula is C12H20N2O. The number of carbonyl (C=O) groups is 1. The van der Waals surface area contributed by atoms with Crippen LogP contribution in [0.3, 0.4) is 0 Å². The molecule has 3 heteroatoms. The van der Waals surface area contributed by atoms with Gasteiger partial charge in [0.05, 0.1) is 6.07 Å². The molecule has 0 bridgehead atoms. The zero-order valence-electron chi connectivity index (χ0n) is 9.68. The molecule has 1 rings (SSSR count). The number of nitrogens with one attached hydrogen (secondary N) is 1. The van der Waals surface area contributed by atoms with Crippen molar-refractivity contribution in [3.8, 4) is 6.07 Å². The Morgan fingerprint density at radius 2 is 2.13 bits per heavy atom. The third-order valence-electron chi connectivity index (χ3n) is 3.18. The maximum atomic E-state index is 11.8. The highest BCUT2D eigenvalue weighted by Gasteiger charge is 2.32. The van der Waals surface area contributed by atoms with Gasteiger partial charge in [-0.25, -0.2) is 0 Å². The minimum Gasteiger partial charge on any atom is -0.350 e. The Bertz CT molecular complexity index is 261. The summed E-state index contributed by atoms with van der Waals surface area (Å²) in [4.78, 5) is 11.8. The molecule has 0 radical (unpaired) electrons. The van der Waals surface area contributed by atoms with Crippen LogP contribution in [0.5, 0.6) is 0 Å². The number of carbonyl (C=O) groups excluding carboxylic acids is 1. The minimum atomic E-state index is -0.465. The number of nitrogens with zero attached hydrogens (tertiary/aromatic N) is 1. The van der Waals surface area contributed by atoms with Crippen LogP contribution >= 0.6 is 0 Å². The zero-order chi connectivity index (χ0) is 11.3. The largest absolute Gasteiger partial charge is 0.350 e. The highest BCUT2D eigenvalue weighted by atomic mass is 16.2. The number of hydrogen-bond acceptors (Lipinski definition) is 2. The van der Waals surface area contributed by atoms with Crippen molar-refractivity contribution in [1.29, 1.82) is 5.26 Å². The van der Waals surface area contributed by atoms with E-state index in [-0.39, 0.29) is 11.4 Å². The smallest absolute Gasteiger partial charge is 0.237 e. The molecule has 0 aromatic carbocycles. The highest BCUT2D eigenvalue weighted by Crippen LogP contribution is 2.29. The number of amides is 1. The molecule has 1 aliphatic carbocycles. The Kier molecular flexibility index (Phi) is 4.14. The van der Waals surface area contributed by atoms with Gasteiger partial charge in [0.15, 0.2) is 0 Å². The van der Waals surface area contributed by atoms with E-state index >= 15 is 0 Å². The Hall–Kier alpha value is -1.04. The molecule has 1 aliphatic rings. The van der Waals surface area contributed by atoms with Gasteiger partial charge in [-0.3, -0.25) is 4.79 Å². The Balaban J connectivity index is 2.50. The second-order valence-electron chi connectivity index (χ2n) is 4.73. The van der Waals surface area contributed by atoms with E-state index in [1.54, 1.807) is 0 Å². The standard InChI is InChI=1S/C12H20N2O/c1-3-6-10(9-13)11(15)14-12(2)7-4-5-8-12/h10H,3-8H2,1-2H3,(H,14,15). The van der Waals surface area contributed by atoms with E-state index in [2.05, 4.69) is 18.3 Å². The molecule has 1 atom stereocenters. The number of hydrogen-bond donors (Lipinski definition) is 1. The van der Waals surface area contributed by atoms with Crippen LogP contribution in [0, 0.1) is 17.2 Å². The first kappa shape index (κ1) is 12.0. The maximum Gasteiger partial charge on any atom is 0.237 e. The van der Waals surface area contributed by atoms with Gasteiger partial charge in [-0.1, -0.05) is 26.2 Å². The van der Waals surface area contributed by atoms with Crippen LogP contribution in [0.4, 0.5) is 0 Å². The summed E-state index contributed by atoms with van der Waals surface area (Å²) in [5.74, 6) is -0.545. The van der Waals surface area contributed by atoms with Crippen molar-refractivity contribution in [3.05, 3.63) is 0 Å². The lowest BCUT2D eigenvalue weighted by Gasteiger charge is -2.26. The van der Waals surface area contributed by atoms with Crippen molar-refractivity contribution in [2.24, 2.45) is 5.92 Å². The molecule has 1 saturated carbocycles. The molecule has 1 N–H and O–H groups in total. The second-order valence-corrected chi connectivity index (χ2v) is 4.73. The van der Waals surface area contributed by atoms with Gasteiger partial charge >= 0.3 is 0 Å². The zero-order valence-corrected chi connectivity index (χ0v) is 9.68. The SMILES string of the molecule is CCCC(C#N)C(=O)NC1(C)CCCC1. The fourth-order valence-electron chi connectivity index (χ4n) is 2.21. The number of nitriles is 1. The average molecular weight is 208 g/mol. The molecule has 1 amide bonds. The summed E-state index contributed by atoms with van der Waals surface area (Å²) < 4.78 is 0. The number of rotatable bonds is 4. The van der Waals surface area contributed by atoms with Crippen LogP contribution in [-0.4, -0.2) is 11.4 Å². The first-order valence-electron chi connectivity index (χ1n) is 5.83. The van der Waals surface area contributed by atoms with Crippen molar-refractivity contribution in [2.75, 3.05) is 0 Å². The third-order valence-corrected chi connectivity index (χ3v) is 3.18. The molecule has 1 fully saturated rings. The molecule has 3 nitrogen and oxygen atoms in total. The topological polar surface area (TPSA) is 52.9 Å². The van der Waals surface area contributed by atoms with Crippen LogP contribution < -0.4 is 5.32 Å². The van der Waals surface area contributed by atoms with Gasteiger partial charge in [0, 0.05) is 5.54 Å². The summed E-state index contributed by atoms with van der Waals surface area (Å²) >= 11 is 0. The molecular weight excluding hydrogens is 188 g/mol. The molecule has 0 heterocycles. The van der Waals surface area contributed by atoms with Gasteiger partial charge < -0.3 is 5.32 Å². The lowest BCUT2D eigenvalue weighted by molar-refractivity contribution is -0.125. The molecule has 0 spiro atoms. The van der Waals surface area contributed by atoms with E-state index in [0.717, 1.165) is 19.3 Å². The summed E-state index contributed by atoms with van der Waals surface area (Å²) in [6.07, 6.45) is 6.00. The molecule has 0 aliphatic heterocycles. The van der Waals surface area contributed by atoms with E-state index in [1.165, 1.54) is 12.8 Å². The fourth-order valence-corrected chi connectivity index (χ4v) is 2.21. The summed E-state index contributed by atoms with van der Waals surface area (Å²) in [5.41, 5.74) is -0.0556. The van der Waals surface area contributed by atoms with Crippen molar-refractivity contribution < 1.29 is 4.79 Å². The molecule has 0 aromatic rings. The van der Waals surface area contributed by atoms with Crippen LogP contribution in [0.25, 0.3) is 0 Å². The lowest BCUT2D eigenvalue weighted by Crippen LogP contribution is -2.46. The molecule has 0 saturated heterocycles. The Morgan fingerprint density at radius 1 is 1.53 bits per heavy atom. The summed E-state index contributed by atoms with van der Waals surface area (Å²) in [6.45, 7) is 4.08. The second kappa shape index (κ2) is 5.16. The van der Waals surface area contributed by atoms with Crippen molar-refractivity contribution in [2.45, 2.75) is 57.9 Å². The molecule has 1 unspecified atom stereocenters. The van der Waals surface area contributed by atoms with Gasteiger partial charge in [-0.15, -0.1) is 0 Å². The van der Waals surface area contributed by atoms with Crippen LogP contribution in [0.1, 0.15) is 52.4 Å². The van der Waals surface area contributed by atoms with Crippen LogP contribution in [0.2, 0.25) is 0 Å². The van der Waals surface area contributed by atoms with Crippen molar-refractivity contribution in [3.63, 3.8) is 0 Å². The van der Waals surface area contributed by atoms with Gasteiger partial charge in [0.25, 0.3) is 0 Å². The molecule has 84 valence electrons. The Labute approximate surface area is 91.9 Å². The van der Waals surface area contributed by atoms with Crippen molar-refractivity contribution in [1.82, 2.24) is 5.32 Å². The van der Waals surface area contributed by atoms with E-state index in [0.29, 0.717) is 6.42 Å². The van der Waals surface area contributed by atoms with E-state index in [9.17, 15) is 4.79 Å². The highest BCUT2D eigenvalue weighted by molar-refractivity contribution is 5.81. The third kappa shape index (κ3) is 3.23. The first-order valence-corrected chi connectivity index (χ1v) is 5.83. The summed E-state index contributed by atoms with van der Waals surface area (Å²) in [5, 5.41) is 11.9. The van der Waals surface area contributed by atoms with E-state index in [4.69, 9.17) is 5.26 Å². The van der Waals surface area contributed by atoms with Gasteiger partial charge in [-0.05, 0) is 26.2 Å². The first-order chi connectivity index (χ1) is 7.11. The van der Waals surface area contributed by atoms with E-state index in [1.807, 2.05) is 6.92 Å². The molecule has 15 heavy (non-hydrogen) atoms.